The highest BCUT2D eigenvalue weighted by atomic mass is 35.5. The average Bonchev–Trinajstić information content (AvgIpc) is 2.93. The van der Waals surface area contributed by atoms with Gasteiger partial charge in [-0.1, -0.05) is 18.5 Å². The molecule has 1 N–H and O–H groups in total. The van der Waals surface area contributed by atoms with Crippen LogP contribution in [0.1, 0.15) is 16.8 Å². The summed E-state index contributed by atoms with van der Waals surface area (Å²) in [5, 5.41) is 5.00. The molecule has 1 aromatic carbocycles. The van der Waals surface area contributed by atoms with Crippen LogP contribution in [0.15, 0.2) is 18.3 Å². The molecule has 1 aromatic heterocycles. The van der Waals surface area contributed by atoms with Gasteiger partial charge in [-0.3, -0.25) is 0 Å². The Balaban J connectivity index is 2.15. The number of aromatic nitrogens is 1. The summed E-state index contributed by atoms with van der Waals surface area (Å²) in [7, 11) is 3.21. The molecule has 20 heavy (non-hydrogen) atoms. The Morgan fingerprint density at radius 2 is 2.00 bits per heavy atom. The Labute approximate surface area is 127 Å². The molecule has 0 fully saturated rings. The second-order valence-corrected chi connectivity index (χ2v) is 5.72. The normalized spacial score (nSPS) is 10.4. The highest BCUT2D eigenvalue weighted by Gasteiger charge is 2.10. The molecule has 0 spiro atoms. The lowest BCUT2D eigenvalue weighted by Gasteiger charge is -2.13. The van der Waals surface area contributed by atoms with E-state index in [2.05, 4.69) is 17.2 Å². The zero-order valence-corrected chi connectivity index (χ0v) is 13.3. The molecule has 1 heterocycles. The van der Waals surface area contributed by atoms with Gasteiger partial charge in [0.2, 0.25) is 0 Å². The molecular weight excluding hydrogens is 296 g/mol. The van der Waals surface area contributed by atoms with E-state index in [1.165, 1.54) is 4.88 Å². The van der Waals surface area contributed by atoms with Crippen molar-refractivity contribution in [3.8, 4) is 11.5 Å². The Morgan fingerprint density at radius 3 is 2.60 bits per heavy atom. The van der Waals surface area contributed by atoms with Crippen molar-refractivity contribution in [2.45, 2.75) is 19.9 Å². The van der Waals surface area contributed by atoms with Gasteiger partial charge in [0, 0.05) is 23.2 Å². The van der Waals surface area contributed by atoms with Gasteiger partial charge in [0.05, 0.1) is 36.5 Å². The molecule has 4 nitrogen and oxygen atoms in total. The second-order valence-electron chi connectivity index (χ2n) is 4.11. The van der Waals surface area contributed by atoms with Crippen LogP contribution in [0.4, 0.5) is 5.69 Å². The zero-order chi connectivity index (χ0) is 14.5. The Morgan fingerprint density at radius 1 is 1.25 bits per heavy atom. The lowest BCUT2D eigenvalue weighted by molar-refractivity contribution is 0.404. The monoisotopic (exact) mass is 312 g/mol. The van der Waals surface area contributed by atoms with Crippen molar-refractivity contribution < 1.29 is 9.47 Å². The molecule has 2 rings (SSSR count). The molecule has 0 aliphatic rings. The molecular formula is C14H17ClN2O2S. The van der Waals surface area contributed by atoms with Gasteiger partial charge < -0.3 is 14.8 Å². The van der Waals surface area contributed by atoms with Crippen molar-refractivity contribution in [2.24, 2.45) is 0 Å². The number of thiazole rings is 1. The van der Waals surface area contributed by atoms with Crippen LogP contribution in [-0.4, -0.2) is 19.2 Å². The summed E-state index contributed by atoms with van der Waals surface area (Å²) < 4.78 is 10.5. The largest absolute Gasteiger partial charge is 0.495 e. The number of aryl methyl sites for hydroxylation is 1. The average molecular weight is 313 g/mol. The summed E-state index contributed by atoms with van der Waals surface area (Å²) in [6, 6.07) is 3.58. The SMILES string of the molecule is CCc1ncc(CNc2cc(OC)c(Cl)cc2OC)s1. The lowest BCUT2D eigenvalue weighted by atomic mass is 10.2. The third kappa shape index (κ3) is 3.35. The van der Waals surface area contributed by atoms with Crippen molar-refractivity contribution in [3.05, 3.63) is 33.2 Å². The summed E-state index contributed by atoms with van der Waals surface area (Å²) in [4.78, 5) is 5.52. The van der Waals surface area contributed by atoms with Crippen LogP contribution in [0.2, 0.25) is 5.02 Å². The summed E-state index contributed by atoms with van der Waals surface area (Å²) in [6.45, 7) is 2.79. The third-order valence-electron chi connectivity index (χ3n) is 2.83. The Hall–Kier alpha value is -1.46. The predicted octanol–water partition coefficient (Wildman–Crippen LogP) is 3.99. The van der Waals surface area contributed by atoms with E-state index in [0.29, 0.717) is 23.1 Å². The third-order valence-corrected chi connectivity index (χ3v) is 4.27. The van der Waals surface area contributed by atoms with Crippen LogP contribution in [0.3, 0.4) is 0 Å². The topological polar surface area (TPSA) is 43.4 Å². The van der Waals surface area contributed by atoms with Crippen LogP contribution in [0.25, 0.3) is 0 Å². The van der Waals surface area contributed by atoms with Gasteiger partial charge >= 0.3 is 0 Å². The summed E-state index contributed by atoms with van der Waals surface area (Å²) >= 11 is 7.79. The zero-order valence-electron chi connectivity index (χ0n) is 11.7. The summed E-state index contributed by atoms with van der Waals surface area (Å²) in [5.74, 6) is 1.31. The van der Waals surface area contributed by atoms with E-state index in [1.54, 1.807) is 31.6 Å². The van der Waals surface area contributed by atoms with Crippen molar-refractivity contribution >= 4 is 28.6 Å². The first-order valence-corrected chi connectivity index (χ1v) is 7.46. The minimum absolute atomic E-state index is 0.529. The minimum Gasteiger partial charge on any atom is -0.495 e. The molecule has 2 aromatic rings. The molecule has 0 saturated carbocycles. The fraction of sp³-hybridized carbons (Fsp3) is 0.357. The standard InChI is InChI=1S/C14H17ClN2O2S/c1-4-14-17-8-9(20-14)7-16-11-6-12(18-2)10(15)5-13(11)19-3/h5-6,8,16H,4,7H2,1-3H3. The van der Waals surface area contributed by atoms with E-state index in [9.17, 15) is 0 Å². The fourth-order valence-electron chi connectivity index (χ4n) is 1.77. The number of nitrogens with one attached hydrogen (secondary N) is 1. The van der Waals surface area contributed by atoms with Gasteiger partial charge in [-0.05, 0) is 6.42 Å². The highest BCUT2D eigenvalue weighted by Crippen LogP contribution is 2.36. The lowest BCUT2D eigenvalue weighted by Crippen LogP contribution is -2.01. The Bertz CT molecular complexity index is 587. The molecule has 0 saturated heterocycles. The molecule has 0 amide bonds. The predicted molar refractivity (Wildman–Crippen MR) is 83.4 cm³/mol. The summed E-state index contributed by atoms with van der Waals surface area (Å²) in [6.07, 6.45) is 2.86. The maximum absolute atomic E-state index is 6.08. The van der Waals surface area contributed by atoms with Gasteiger partial charge in [0.1, 0.15) is 11.5 Å². The van der Waals surface area contributed by atoms with E-state index in [4.69, 9.17) is 21.1 Å². The van der Waals surface area contributed by atoms with E-state index in [1.807, 2.05) is 12.3 Å². The molecule has 6 heteroatoms. The number of ether oxygens (including phenoxy) is 2. The summed E-state index contributed by atoms with van der Waals surface area (Å²) in [5.41, 5.74) is 0.847. The number of anilines is 1. The number of methoxy groups -OCH3 is 2. The van der Waals surface area contributed by atoms with E-state index in [-0.39, 0.29) is 0 Å². The van der Waals surface area contributed by atoms with Gasteiger partial charge in [0.25, 0.3) is 0 Å². The quantitative estimate of drug-likeness (QED) is 0.876. The molecule has 0 bridgehead atoms. The molecule has 0 aliphatic heterocycles. The van der Waals surface area contributed by atoms with Crippen LogP contribution in [-0.2, 0) is 13.0 Å². The maximum Gasteiger partial charge on any atom is 0.143 e. The van der Waals surface area contributed by atoms with Gasteiger partial charge in [-0.15, -0.1) is 11.3 Å². The fourth-order valence-corrected chi connectivity index (χ4v) is 2.81. The number of halogens is 1. The molecule has 0 unspecified atom stereocenters. The Kier molecular flexibility index (Phi) is 5.09. The number of hydrogen-bond donors (Lipinski definition) is 1. The van der Waals surface area contributed by atoms with Gasteiger partial charge in [0.15, 0.2) is 0 Å². The van der Waals surface area contributed by atoms with E-state index >= 15 is 0 Å². The minimum atomic E-state index is 0.529. The van der Waals surface area contributed by atoms with Crippen molar-refractivity contribution in [3.63, 3.8) is 0 Å². The van der Waals surface area contributed by atoms with Crippen LogP contribution < -0.4 is 14.8 Å². The van der Waals surface area contributed by atoms with E-state index in [0.717, 1.165) is 17.1 Å². The van der Waals surface area contributed by atoms with Crippen LogP contribution in [0.5, 0.6) is 11.5 Å². The highest BCUT2D eigenvalue weighted by molar-refractivity contribution is 7.11. The number of nitrogens with zero attached hydrogens (tertiary/aromatic N) is 1. The molecule has 108 valence electrons. The van der Waals surface area contributed by atoms with E-state index < -0.39 is 0 Å². The molecule has 0 radical (unpaired) electrons. The number of rotatable bonds is 6. The van der Waals surface area contributed by atoms with Gasteiger partial charge in [-0.25, -0.2) is 4.98 Å². The first-order chi connectivity index (χ1) is 9.67. The second kappa shape index (κ2) is 6.81. The first kappa shape index (κ1) is 14.9. The smallest absolute Gasteiger partial charge is 0.143 e. The van der Waals surface area contributed by atoms with Crippen molar-refractivity contribution in [2.75, 3.05) is 19.5 Å². The molecule has 0 atom stereocenters. The van der Waals surface area contributed by atoms with Crippen molar-refractivity contribution in [1.82, 2.24) is 4.98 Å². The molecule has 0 aliphatic carbocycles. The maximum atomic E-state index is 6.08. The van der Waals surface area contributed by atoms with Gasteiger partial charge in [-0.2, -0.15) is 0 Å². The number of hydrogen-bond acceptors (Lipinski definition) is 5. The van der Waals surface area contributed by atoms with Crippen molar-refractivity contribution in [1.29, 1.82) is 0 Å². The first-order valence-electron chi connectivity index (χ1n) is 6.26. The number of benzene rings is 1. The van der Waals surface area contributed by atoms with Crippen LogP contribution >= 0.6 is 22.9 Å². The van der Waals surface area contributed by atoms with Crippen LogP contribution in [0, 0.1) is 0 Å².